The van der Waals surface area contributed by atoms with E-state index < -0.39 is 11.5 Å². The fourth-order valence-corrected chi connectivity index (χ4v) is 7.29. The molecule has 2 aliphatic heterocycles. The molecule has 2 aromatic carbocycles. The van der Waals surface area contributed by atoms with Gasteiger partial charge in [-0.2, -0.15) is 0 Å². The van der Waals surface area contributed by atoms with Crippen LogP contribution in [0.4, 0.5) is 20.2 Å². The Hall–Kier alpha value is -5.14. The zero-order valence-corrected chi connectivity index (χ0v) is 28.7. The fourth-order valence-electron chi connectivity index (χ4n) is 7.29. The van der Waals surface area contributed by atoms with Crippen LogP contribution in [0.5, 0.6) is 0 Å². The highest BCUT2D eigenvalue weighted by Gasteiger charge is 2.62. The summed E-state index contributed by atoms with van der Waals surface area (Å²) in [5, 5.41) is 5.77. The number of nitrogens with one attached hydrogen (secondary N) is 2. The number of fused-ring (bicyclic) bond motifs is 2. The Labute approximate surface area is 295 Å². The fraction of sp³-hybridized carbons (Fsp3) is 0.368. The van der Waals surface area contributed by atoms with E-state index in [9.17, 15) is 23.2 Å². The minimum Gasteiger partial charge on any atom is -0.378 e. The van der Waals surface area contributed by atoms with Gasteiger partial charge in [0.05, 0.1) is 42.9 Å². The van der Waals surface area contributed by atoms with Crippen LogP contribution in [0.25, 0.3) is 0 Å². The smallest absolute Gasteiger partial charge is 0.268 e. The lowest BCUT2D eigenvalue weighted by Crippen LogP contribution is -2.63. The largest absolute Gasteiger partial charge is 0.378 e. The Balaban J connectivity index is 0.967. The Morgan fingerprint density at radius 3 is 2.20 bits per heavy atom. The van der Waals surface area contributed by atoms with E-state index in [1.54, 1.807) is 68.8 Å². The molecular weight excluding hydrogens is 656 g/mol. The van der Waals surface area contributed by atoms with Crippen molar-refractivity contribution in [3.63, 3.8) is 0 Å². The average molecular weight is 698 g/mol. The van der Waals surface area contributed by atoms with Crippen LogP contribution in [0, 0.1) is 0 Å². The van der Waals surface area contributed by atoms with Gasteiger partial charge in [-0.05, 0) is 66.2 Å². The van der Waals surface area contributed by atoms with Gasteiger partial charge < -0.3 is 29.7 Å². The summed E-state index contributed by atoms with van der Waals surface area (Å²) >= 11 is 0. The average Bonchev–Trinajstić information content (AvgIpc) is 3.57. The number of ether oxygens (including phenoxy) is 1. The molecule has 0 atom stereocenters. The van der Waals surface area contributed by atoms with Crippen molar-refractivity contribution in [2.75, 3.05) is 57.2 Å². The van der Waals surface area contributed by atoms with E-state index >= 15 is 0 Å². The lowest BCUT2D eigenvalue weighted by molar-refractivity contribution is -0.192. The van der Waals surface area contributed by atoms with Crippen molar-refractivity contribution < 1.29 is 27.9 Å². The first-order chi connectivity index (χ1) is 24.5. The lowest BCUT2D eigenvalue weighted by Gasteiger charge is -2.56. The predicted molar refractivity (Wildman–Crippen MR) is 188 cm³/mol. The zero-order valence-electron chi connectivity index (χ0n) is 28.7. The Bertz CT molecular complexity index is 1900. The second-order valence-electron chi connectivity index (χ2n) is 13.6. The molecule has 7 rings (SSSR count). The van der Waals surface area contributed by atoms with Crippen molar-refractivity contribution in [1.82, 2.24) is 24.7 Å². The van der Waals surface area contributed by atoms with Crippen molar-refractivity contribution in [3.8, 4) is 0 Å². The zero-order chi connectivity index (χ0) is 35.8. The van der Waals surface area contributed by atoms with Gasteiger partial charge in [-0.25, -0.2) is 8.78 Å². The van der Waals surface area contributed by atoms with Gasteiger partial charge in [-0.15, -0.1) is 0 Å². The molecule has 3 aliphatic rings. The van der Waals surface area contributed by atoms with Crippen LogP contribution in [0.3, 0.4) is 0 Å². The van der Waals surface area contributed by atoms with E-state index in [0.29, 0.717) is 66.7 Å². The molecule has 0 bridgehead atoms. The van der Waals surface area contributed by atoms with Crippen molar-refractivity contribution in [3.05, 3.63) is 113 Å². The van der Waals surface area contributed by atoms with E-state index in [4.69, 9.17) is 4.74 Å². The van der Waals surface area contributed by atoms with Crippen molar-refractivity contribution in [2.24, 2.45) is 0 Å². The summed E-state index contributed by atoms with van der Waals surface area (Å²) in [5.41, 5.74) is 4.41. The van der Waals surface area contributed by atoms with E-state index in [2.05, 4.69) is 25.4 Å². The summed E-state index contributed by atoms with van der Waals surface area (Å²) in [4.78, 5) is 48.7. The van der Waals surface area contributed by atoms with Crippen LogP contribution in [0.2, 0.25) is 0 Å². The van der Waals surface area contributed by atoms with Gasteiger partial charge in [0.25, 0.3) is 23.6 Å². The quantitative estimate of drug-likeness (QED) is 0.260. The van der Waals surface area contributed by atoms with Gasteiger partial charge in [0.1, 0.15) is 5.69 Å². The molecule has 2 N–H and O–H groups in total. The van der Waals surface area contributed by atoms with E-state index in [1.165, 1.54) is 4.90 Å². The summed E-state index contributed by atoms with van der Waals surface area (Å²) in [5.74, 6) is -3.46. The number of hydrogen-bond acceptors (Lipinski definition) is 7. The molecule has 1 aliphatic carbocycles. The minimum atomic E-state index is -2.79. The Kier molecular flexibility index (Phi) is 9.34. The van der Waals surface area contributed by atoms with Crippen molar-refractivity contribution in [2.45, 2.75) is 43.9 Å². The first kappa shape index (κ1) is 34.3. The third kappa shape index (κ3) is 7.08. The number of carbonyl (C=O) groups excluding carboxylic acids is 3. The maximum absolute atomic E-state index is 14.5. The van der Waals surface area contributed by atoms with Crippen LogP contribution in [-0.4, -0.2) is 89.9 Å². The van der Waals surface area contributed by atoms with Crippen LogP contribution >= 0.6 is 0 Å². The predicted octanol–water partition coefficient (Wildman–Crippen LogP) is 4.74. The standard InChI is InChI=1S/C38H41F2N7O4/c1-44(2)36(50)28-5-3-26(4-6-28)23-46-15-16-47-32(13-14-33(47)37(46)24-38(39,40)25-37)35(49)42-21-29-9-10-30(22-41-29)43-34(48)27-7-11-31(12-8-27)45-17-19-51-20-18-45/h3-14,22H,15-21,23-25H2,1-2H3,(H,42,49)(H,43,48). The van der Waals surface area contributed by atoms with Gasteiger partial charge in [-0.1, -0.05) is 12.1 Å². The second-order valence-corrected chi connectivity index (χ2v) is 13.6. The molecule has 1 saturated heterocycles. The number of amides is 3. The Morgan fingerprint density at radius 2 is 1.55 bits per heavy atom. The molecule has 0 unspecified atom stereocenters. The van der Waals surface area contributed by atoms with Crippen LogP contribution in [-0.2, 0) is 29.9 Å². The molecule has 2 aromatic heterocycles. The lowest BCUT2D eigenvalue weighted by atomic mass is 9.68. The van der Waals surface area contributed by atoms with Crippen LogP contribution < -0.4 is 15.5 Å². The molecule has 51 heavy (non-hydrogen) atoms. The molecule has 4 aromatic rings. The molecule has 11 nitrogen and oxygen atoms in total. The van der Waals surface area contributed by atoms with Gasteiger partial charge in [0.2, 0.25) is 0 Å². The van der Waals surface area contributed by atoms with Crippen LogP contribution in [0.15, 0.2) is 79.0 Å². The van der Waals surface area contributed by atoms with Crippen molar-refractivity contribution in [1.29, 1.82) is 0 Å². The number of alkyl halides is 2. The third-order valence-electron chi connectivity index (χ3n) is 9.99. The highest BCUT2D eigenvalue weighted by atomic mass is 19.3. The van der Waals surface area contributed by atoms with E-state index in [1.807, 2.05) is 28.8 Å². The first-order valence-electron chi connectivity index (χ1n) is 17.1. The van der Waals surface area contributed by atoms with Crippen molar-refractivity contribution >= 4 is 29.1 Å². The molecule has 3 amide bonds. The molecule has 266 valence electrons. The number of aromatic nitrogens is 2. The Morgan fingerprint density at radius 1 is 0.843 bits per heavy atom. The topological polar surface area (TPSA) is 112 Å². The van der Waals surface area contributed by atoms with Crippen LogP contribution in [0.1, 0.15) is 61.0 Å². The van der Waals surface area contributed by atoms with E-state index in [0.717, 1.165) is 24.3 Å². The highest BCUT2D eigenvalue weighted by Crippen LogP contribution is 2.57. The third-order valence-corrected chi connectivity index (χ3v) is 9.99. The van der Waals surface area contributed by atoms with E-state index in [-0.39, 0.29) is 37.1 Å². The highest BCUT2D eigenvalue weighted by molar-refractivity contribution is 6.04. The maximum atomic E-state index is 14.5. The summed E-state index contributed by atoms with van der Waals surface area (Å²) in [6.07, 6.45) is 0.896. The molecular formula is C38H41F2N7O4. The summed E-state index contributed by atoms with van der Waals surface area (Å²) in [6, 6.07) is 21.7. The first-order valence-corrected chi connectivity index (χ1v) is 17.1. The van der Waals surface area contributed by atoms with Gasteiger partial charge in [-0.3, -0.25) is 24.3 Å². The summed E-state index contributed by atoms with van der Waals surface area (Å²) < 4.78 is 36.3. The molecule has 1 spiro atoms. The van der Waals surface area contributed by atoms with Gasteiger partial charge >= 0.3 is 0 Å². The number of rotatable bonds is 9. The van der Waals surface area contributed by atoms with Gasteiger partial charge in [0.15, 0.2) is 0 Å². The second kappa shape index (κ2) is 13.9. The maximum Gasteiger partial charge on any atom is 0.268 e. The molecule has 0 radical (unpaired) electrons. The number of nitrogens with zero attached hydrogens (tertiary/aromatic N) is 5. The molecule has 1 saturated carbocycles. The number of carbonyl (C=O) groups is 3. The minimum absolute atomic E-state index is 0.100. The SMILES string of the molecule is CN(C)C(=O)c1ccc(CN2CCn3c(C(=O)NCc4ccc(NC(=O)c5ccc(N6CCOCC6)cc5)cn4)ccc3C23CC(F)(F)C3)cc1. The molecule has 4 heterocycles. The molecule has 13 heteroatoms. The number of hydrogen-bond donors (Lipinski definition) is 2. The molecule has 2 fully saturated rings. The summed E-state index contributed by atoms with van der Waals surface area (Å²) in [7, 11) is 3.39. The number of pyridine rings is 1. The number of halogens is 2. The normalized spacial score (nSPS) is 17.7. The monoisotopic (exact) mass is 697 g/mol. The number of morpholine rings is 1. The number of anilines is 2. The number of benzene rings is 2. The van der Waals surface area contributed by atoms with Gasteiger partial charge in [0, 0.05) is 82.2 Å². The summed E-state index contributed by atoms with van der Waals surface area (Å²) in [6.45, 7) is 4.57.